The molecule has 168 valence electrons. The van der Waals surface area contributed by atoms with Gasteiger partial charge >= 0.3 is 0 Å². The Kier molecular flexibility index (Phi) is 11.0. The van der Waals surface area contributed by atoms with Gasteiger partial charge in [-0.25, -0.2) is 0 Å². The first kappa shape index (κ1) is 24.7. The molecule has 3 heterocycles. The summed E-state index contributed by atoms with van der Waals surface area (Å²) >= 11 is 0. The minimum Gasteiger partial charge on any atom is -0.368 e. The molecule has 2 unspecified atom stereocenters. The molecular formula is C21H40IN5O2. The van der Waals surface area contributed by atoms with Crippen molar-refractivity contribution in [2.75, 3.05) is 65.5 Å². The number of halogens is 1. The summed E-state index contributed by atoms with van der Waals surface area (Å²) in [7, 11) is 0. The van der Waals surface area contributed by atoms with Gasteiger partial charge in [-0.05, 0) is 58.0 Å². The van der Waals surface area contributed by atoms with Gasteiger partial charge in [0.2, 0.25) is 0 Å². The van der Waals surface area contributed by atoms with Gasteiger partial charge in [0.15, 0.2) is 5.96 Å². The number of hydrogen-bond acceptors (Lipinski definition) is 4. The molecule has 29 heavy (non-hydrogen) atoms. The molecular weight excluding hydrogens is 481 g/mol. The van der Waals surface area contributed by atoms with Gasteiger partial charge in [-0.2, -0.15) is 0 Å². The molecule has 1 N–H and O–H groups in total. The first-order chi connectivity index (χ1) is 13.7. The van der Waals surface area contributed by atoms with Gasteiger partial charge in [0, 0.05) is 52.4 Å². The summed E-state index contributed by atoms with van der Waals surface area (Å²) in [6.07, 6.45) is 5.50. The van der Waals surface area contributed by atoms with Crippen LogP contribution in [-0.4, -0.2) is 98.2 Å². The number of ether oxygens (including phenoxy) is 1. The predicted octanol–water partition coefficient (Wildman–Crippen LogP) is 2.02. The van der Waals surface area contributed by atoms with E-state index in [0.29, 0.717) is 0 Å². The van der Waals surface area contributed by atoms with Crippen molar-refractivity contribution in [1.82, 2.24) is 20.0 Å². The Morgan fingerprint density at radius 1 is 1.10 bits per heavy atom. The summed E-state index contributed by atoms with van der Waals surface area (Å²) in [4.78, 5) is 24.2. The van der Waals surface area contributed by atoms with Crippen molar-refractivity contribution in [2.24, 2.45) is 10.9 Å². The van der Waals surface area contributed by atoms with Crippen LogP contribution in [0.5, 0.6) is 0 Å². The van der Waals surface area contributed by atoms with E-state index in [4.69, 9.17) is 9.73 Å². The van der Waals surface area contributed by atoms with E-state index < -0.39 is 0 Å². The molecule has 3 aliphatic rings. The third-order valence-electron chi connectivity index (χ3n) is 6.07. The second kappa shape index (κ2) is 12.9. The second-order valence-corrected chi connectivity index (χ2v) is 8.45. The Balaban J connectivity index is 0.00000300. The van der Waals surface area contributed by atoms with Crippen LogP contribution in [0.3, 0.4) is 0 Å². The van der Waals surface area contributed by atoms with Gasteiger partial charge in [-0.15, -0.1) is 24.0 Å². The van der Waals surface area contributed by atoms with Crippen LogP contribution in [0.25, 0.3) is 0 Å². The molecule has 0 aliphatic carbocycles. The van der Waals surface area contributed by atoms with Gasteiger partial charge in [0.05, 0.1) is 0 Å². The number of nitrogens with one attached hydrogen (secondary N) is 1. The first-order valence-corrected chi connectivity index (χ1v) is 11.3. The van der Waals surface area contributed by atoms with E-state index in [2.05, 4.69) is 29.0 Å². The zero-order chi connectivity index (χ0) is 19.8. The monoisotopic (exact) mass is 521 g/mol. The molecule has 0 aromatic rings. The number of hydrogen-bond donors (Lipinski definition) is 1. The highest BCUT2D eigenvalue weighted by Gasteiger charge is 2.30. The van der Waals surface area contributed by atoms with Crippen molar-refractivity contribution < 1.29 is 9.53 Å². The molecule has 8 heteroatoms. The number of rotatable bonds is 6. The number of piperazine rings is 1. The van der Waals surface area contributed by atoms with E-state index >= 15 is 0 Å². The molecule has 0 aromatic heterocycles. The van der Waals surface area contributed by atoms with E-state index in [0.717, 1.165) is 83.6 Å². The molecule has 1 amide bonds. The molecule has 7 nitrogen and oxygen atoms in total. The summed E-state index contributed by atoms with van der Waals surface area (Å²) < 4.78 is 5.56. The number of likely N-dealkylation sites (tertiary alicyclic amines) is 1. The Morgan fingerprint density at radius 2 is 1.86 bits per heavy atom. The number of aliphatic imine (C=N–C) groups is 1. The van der Waals surface area contributed by atoms with Crippen molar-refractivity contribution in [3.8, 4) is 0 Å². The zero-order valence-corrected chi connectivity index (χ0v) is 20.6. The minimum absolute atomic E-state index is 0. The van der Waals surface area contributed by atoms with Gasteiger partial charge < -0.3 is 24.8 Å². The van der Waals surface area contributed by atoms with Crippen LogP contribution in [0.2, 0.25) is 0 Å². The van der Waals surface area contributed by atoms with Crippen molar-refractivity contribution >= 4 is 35.8 Å². The van der Waals surface area contributed by atoms with E-state index in [1.165, 1.54) is 25.9 Å². The van der Waals surface area contributed by atoms with Crippen molar-refractivity contribution in [3.63, 3.8) is 0 Å². The molecule has 0 aromatic carbocycles. The van der Waals surface area contributed by atoms with Gasteiger partial charge in [0.25, 0.3) is 5.91 Å². The quantitative estimate of drug-likeness (QED) is 0.251. The zero-order valence-electron chi connectivity index (χ0n) is 18.3. The molecule has 0 saturated carbocycles. The second-order valence-electron chi connectivity index (χ2n) is 8.45. The van der Waals surface area contributed by atoms with Gasteiger partial charge in [-0.1, -0.05) is 6.92 Å². The molecule has 3 saturated heterocycles. The van der Waals surface area contributed by atoms with Crippen LogP contribution >= 0.6 is 24.0 Å². The smallest absolute Gasteiger partial charge is 0.251 e. The lowest BCUT2D eigenvalue weighted by Crippen LogP contribution is -2.55. The Hall–Kier alpha value is -0.610. The van der Waals surface area contributed by atoms with E-state index in [1.54, 1.807) is 0 Å². The Labute approximate surface area is 193 Å². The maximum Gasteiger partial charge on any atom is 0.251 e. The third kappa shape index (κ3) is 7.54. The summed E-state index contributed by atoms with van der Waals surface area (Å²) in [5, 5.41) is 3.43. The maximum atomic E-state index is 12.5. The van der Waals surface area contributed by atoms with Crippen LogP contribution < -0.4 is 5.32 Å². The number of nitrogens with zero attached hydrogens (tertiary/aromatic N) is 4. The highest BCUT2D eigenvalue weighted by atomic mass is 127. The van der Waals surface area contributed by atoms with Gasteiger partial charge in [-0.3, -0.25) is 9.79 Å². The molecule has 3 rings (SSSR count). The van der Waals surface area contributed by atoms with E-state index in [-0.39, 0.29) is 36.0 Å². The lowest BCUT2D eigenvalue weighted by atomic mass is 10.0. The maximum absolute atomic E-state index is 12.5. The lowest BCUT2D eigenvalue weighted by molar-refractivity contribution is -0.142. The molecule has 0 spiro atoms. The Bertz CT molecular complexity index is 519. The minimum atomic E-state index is -0.203. The van der Waals surface area contributed by atoms with Crippen LogP contribution in [-0.2, 0) is 9.53 Å². The molecule has 3 fully saturated rings. The average molecular weight is 521 g/mol. The summed E-state index contributed by atoms with van der Waals surface area (Å²) in [6.45, 7) is 13.8. The highest BCUT2D eigenvalue weighted by Crippen LogP contribution is 2.17. The number of piperidine rings is 1. The fourth-order valence-corrected chi connectivity index (χ4v) is 4.51. The first-order valence-electron chi connectivity index (χ1n) is 11.3. The molecule has 3 aliphatic heterocycles. The summed E-state index contributed by atoms with van der Waals surface area (Å²) in [5.74, 6) is 2.01. The molecule has 0 bridgehead atoms. The normalized spacial score (nSPS) is 26.3. The van der Waals surface area contributed by atoms with Crippen molar-refractivity contribution in [1.29, 1.82) is 0 Å². The number of carbonyl (C=O) groups is 1. The largest absolute Gasteiger partial charge is 0.368 e. The molecule has 0 radical (unpaired) electrons. The van der Waals surface area contributed by atoms with Crippen molar-refractivity contribution in [3.05, 3.63) is 0 Å². The number of carbonyl (C=O) groups excluding carboxylic acids is 1. The van der Waals surface area contributed by atoms with E-state index in [9.17, 15) is 4.79 Å². The average Bonchev–Trinajstić information content (AvgIpc) is 3.25. The van der Waals surface area contributed by atoms with Crippen LogP contribution in [0.1, 0.15) is 46.0 Å². The topological polar surface area (TPSA) is 60.4 Å². The van der Waals surface area contributed by atoms with Gasteiger partial charge in [0.1, 0.15) is 6.10 Å². The predicted molar refractivity (Wildman–Crippen MR) is 128 cm³/mol. The van der Waals surface area contributed by atoms with Crippen LogP contribution in [0.15, 0.2) is 4.99 Å². The lowest BCUT2D eigenvalue weighted by Gasteiger charge is -2.37. The number of guanidine groups is 1. The van der Waals surface area contributed by atoms with Crippen LogP contribution in [0.4, 0.5) is 0 Å². The fraction of sp³-hybridized carbons (Fsp3) is 0.905. The van der Waals surface area contributed by atoms with Crippen LogP contribution in [0, 0.1) is 5.92 Å². The van der Waals surface area contributed by atoms with Crippen molar-refractivity contribution in [2.45, 2.75) is 52.1 Å². The van der Waals surface area contributed by atoms with E-state index in [1.807, 2.05) is 4.90 Å². The number of amides is 1. The summed E-state index contributed by atoms with van der Waals surface area (Å²) in [6, 6.07) is 0. The fourth-order valence-electron chi connectivity index (χ4n) is 4.51. The third-order valence-corrected chi connectivity index (χ3v) is 6.07. The SMILES string of the molecule is CCNC(=NCCCN1CCCC(C)C1)N1CCN(C(=O)C2CCCO2)CC1.I. The standard InChI is InChI=1S/C21H39N5O2.HI/c1-3-22-21(23-9-6-11-24-10-4-7-18(2)17-24)26-14-12-25(13-15-26)20(27)19-8-5-16-28-19;/h18-19H,3-17H2,1-2H3,(H,22,23);1H. The Morgan fingerprint density at radius 3 is 2.52 bits per heavy atom. The highest BCUT2D eigenvalue weighted by molar-refractivity contribution is 14.0. The summed E-state index contributed by atoms with van der Waals surface area (Å²) in [5.41, 5.74) is 0. The molecule has 2 atom stereocenters.